The van der Waals surface area contributed by atoms with Crippen LogP contribution in [-0.4, -0.2) is 60.1 Å². The first-order chi connectivity index (χ1) is 15.5. The van der Waals surface area contributed by atoms with Crippen molar-refractivity contribution in [1.29, 1.82) is 0 Å². The van der Waals surface area contributed by atoms with E-state index in [1.165, 1.54) is 0 Å². The van der Waals surface area contributed by atoms with Crippen LogP contribution in [-0.2, 0) is 6.42 Å². The summed E-state index contributed by atoms with van der Waals surface area (Å²) < 4.78 is 18.4. The summed E-state index contributed by atoms with van der Waals surface area (Å²) >= 11 is 0. The van der Waals surface area contributed by atoms with E-state index in [-0.39, 0.29) is 12.4 Å². The summed E-state index contributed by atoms with van der Waals surface area (Å²) in [4.78, 5) is 2.30. The van der Waals surface area contributed by atoms with Gasteiger partial charge >= 0.3 is 7.12 Å². The van der Waals surface area contributed by atoms with Crippen LogP contribution in [0.5, 0.6) is 11.5 Å². The molecule has 1 saturated heterocycles. The van der Waals surface area contributed by atoms with Gasteiger partial charge in [-0.2, -0.15) is 0 Å². The number of alkyl halides is 1. The molecule has 2 aromatic rings. The van der Waals surface area contributed by atoms with Crippen LogP contribution in [0.15, 0.2) is 47.9 Å². The molecule has 1 aliphatic heterocycles. The zero-order valence-corrected chi connectivity index (χ0v) is 18.3. The summed E-state index contributed by atoms with van der Waals surface area (Å²) in [5.74, 6) is 1.45. The summed E-state index contributed by atoms with van der Waals surface area (Å²) in [5, 5.41) is 30.0. The van der Waals surface area contributed by atoms with Crippen molar-refractivity contribution in [2.24, 2.45) is 5.92 Å². The lowest BCUT2D eigenvalue weighted by atomic mass is 9.71. The maximum Gasteiger partial charge on any atom is 0.484 e. The highest BCUT2D eigenvalue weighted by Gasteiger charge is 2.26. The summed E-state index contributed by atoms with van der Waals surface area (Å²) in [5.41, 5.74) is 4.25. The van der Waals surface area contributed by atoms with Crippen molar-refractivity contribution < 1.29 is 24.3 Å². The molecule has 4 rings (SSSR count). The molecule has 170 valence electrons. The smallest absolute Gasteiger partial charge is 0.484 e. The van der Waals surface area contributed by atoms with Crippen molar-refractivity contribution in [2.75, 3.05) is 32.9 Å². The minimum atomic E-state index is -1.52. The molecule has 1 heterocycles. The van der Waals surface area contributed by atoms with Gasteiger partial charge in [-0.3, -0.25) is 4.39 Å². The van der Waals surface area contributed by atoms with Crippen molar-refractivity contribution in [3.8, 4) is 11.5 Å². The van der Waals surface area contributed by atoms with E-state index in [1.807, 2.05) is 30.3 Å². The number of aromatic hydroxyl groups is 1. The van der Waals surface area contributed by atoms with E-state index in [2.05, 4.69) is 4.90 Å². The predicted molar refractivity (Wildman–Crippen MR) is 124 cm³/mol. The zero-order valence-electron chi connectivity index (χ0n) is 18.3. The minimum Gasteiger partial charge on any atom is -0.508 e. The van der Waals surface area contributed by atoms with Crippen LogP contribution in [0.1, 0.15) is 42.4 Å². The zero-order chi connectivity index (χ0) is 22.5. The second-order valence-electron chi connectivity index (χ2n) is 8.80. The number of aryl methyl sites for hydroxylation is 1. The number of fused-ring (bicyclic) bond motifs is 1. The fraction of sp³-hybridized carbons (Fsp3) is 0.440. The second-order valence-corrected chi connectivity index (χ2v) is 8.80. The molecule has 0 saturated carbocycles. The Morgan fingerprint density at radius 3 is 2.66 bits per heavy atom. The number of hydrogen-bond acceptors (Lipinski definition) is 5. The fourth-order valence-corrected chi connectivity index (χ4v) is 4.86. The van der Waals surface area contributed by atoms with Crippen LogP contribution in [0.2, 0.25) is 0 Å². The highest BCUT2D eigenvalue weighted by molar-refractivity contribution is 6.53. The molecule has 1 atom stereocenters. The molecule has 1 aliphatic carbocycles. The van der Waals surface area contributed by atoms with Gasteiger partial charge < -0.3 is 24.8 Å². The first kappa shape index (κ1) is 22.8. The van der Waals surface area contributed by atoms with Crippen molar-refractivity contribution in [3.63, 3.8) is 0 Å². The van der Waals surface area contributed by atoms with Crippen LogP contribution in [0.4, 0.5) is 4.39 Å². The van der Waals surface area contributed by atoms with Gasteiger partial charge in [0.15, 0.2) is 0 Å². The number of allylic oxidation sites excluding steroid dienone is 1. The van der Waals surface area contributed by atoms with Crippen molar-refractivity contribution in [2.45, 2.75) is 32.1 Å². The number of benzene rings is 2. The highest BCUT2D eigenvalue weighted by Crippen LogP contribution is 2.37. The van der Waals surface area contributed by atoms with E-state index in [0.29, 0.717) is 30.8 Å². The Morgan fingerprint density at radius 1 is 1.09 bits per heavy atom. The molecule has 2 aromatic carbocycles. The predicted octanol–water partition coefficient (Wildman–Crippen LogP) is 3.60. The Bertz CT molecular complexity index is 947. The molecule has 0 bridgehead atoms. The molecule has 1 unspecified atom stereocenters. The lowest BCUT2D eigenvalue weighted by molar-refractivity contribution is 0.237. The molecular formula is C25H31BFNO4. The maximum absolute atomic E-state index is 12.4. The monoisotopic (exact) mass is 439 g/mol. The quantitative estimate of drug-likeness (QED) is 0.549. The summed E-state index contributed by atoms with van der Waals surface area (Å²) in [6, 6.07) is 13.0. The molecule has 5 nitrogen and oxygen atoms in total. The van der Waals surface area contributed by atoms with E-state index in [1.54, 1.807) is 12.1 Å². The van der Waals surface area contributed by atoms with E-state index >= 15 is 0 Å². The minimum absolute atomic E-state index is 0.218. The van der Waals surface area contributed by atoms with Gasteiger partial charge in [0, 0.05) is 19.0 Å². The number of nitrogens with zero attached hydrogens (tertiary/aromatic N) is 1. The van der Waals surface area contributed by atoms with Gasteiger partial charge in [-0.05, 0) is 90.7 Å². The highest BCUT2D eigenvalue weighted by atomic mass is 19.1. The summed E-state index contributed by atoms with van der Waals surface area (Å²) in [6.07, 6.45) is 3.81. The summed E-state index contributed by atoms with van der Waals surface area (Å²) in [7, 11) is -1.52. The number of likely N-dealkylation sites (tertiary alicyclic amines) is 1. The van der Waals surface area contributed by atoms with E-state index in [9.17, 15) is 19.5 Å². The van der Waals surface area contributed by atoms with Crippen molar-refractivity contribution in [3.05, 3.63) is 64.6 Å². The molecule has 7 heteroatoms. The SMILES string of the molecule is OB(O)C1=C(c2ccc(OCC3CCN(CCCF)C3)cc2)c2ccc(O)cc2CCC1. The number of ether oxygens (including phenoxy) is 1. The first-order valence-electron chi connectivity index (χ1n) is 11.5. The molecule has 1 fully saturated rings. The van der Waals surface area contributed by atoms with Gasteiger partial charge in [0.25, 0.3) is 0 Å². The third-order valence-electron chi connectivity index (χ3n) is 6.49. The van der Waals surface area contributed by atoms with Crippen molar-refractivity contribution >= 4 is 12.7 Å². The van der Waals surface area contributed by atoms with Gasteiger partial charge in [0.2, 0.25) is 0 Å². The molecule has 0 amide bonds. The van der Waals surface area contributed by atoms with Gasteiger partial charge in [0.05, 0.1) is 13.3 Å². The van der Waals surface area contributed by atoms with E-state index < -0.39 is 7.12 Å². The third-order valence-corrected chi connectivity index (χ3v) is 6.49. The lowest BCUT2D eigenvalue weighted by Crippen LogP contribution is -2.23. The molecular weight excluding hydrogens is 408 g/mol. The number of phenolic OH excluding ortho intramolecular Hbond substituents is 1. The summed E-state index contributed by atoms with van der Waals surface area (Å²) in [6.45, 7) is 3.14. The van der Waals surface area contributed by atoms with Gasteiger partial charge in [-0.1, -0.05) is 18.2 Å². The molecule has 3 N–H and O–H groups in total. The second kappa shape index (κ2) is 10.5. The molecule has 2 aliphatic rings. The molecule has 0 radical (unpaired) electrons. The van der Waals surface area contributed by atoms with Crippen LogP contribution in [0, 0.1) is 5.92 Å². The topological polar surface area (TPSA) is 73.2 Å². The molecule has 0 spiro atoms. The Kier molecular flexibility index (Phi) is 7.50. The van der Waals surface area contributed by atoms with E-state index in [4.69, 9.17) is 4.74 Å². The molecule has 0 aromatic heterocycles. The Hall–Kier alpha value is -2.35. The Labute approximate surface area is 189 Å². The van der Waals surface area contributed by atoms with E-state index in [0.717, 1.165) is 66.9 Å². The average molecular weight is 439 g/mol. The van der Waals surface area contributed by atoms with Crippen LogP contribution < -0.4 is 4.74 Å². The number of halogens is 1. The fourth-order valence-electron chi connectivity index (χ4n) is 4.86. The van der Waals surface area contributed by atoms with Gasteiger partial charge in [0.1, 0.15) is 11.5 Å². The Morgan fingerprint density at radius 2 is 1.91 bits per heavy atom. The van der Waals surface area contributed by atoms with Crippen LogP contribution >= 0.6 is 0 Å². The normalized spacial score (nSPS) is 19.0. The van der Waals surface area contributed by atoms with Gasteiger partial charge in [-0.15, -0.1) is 0 Å². The van der Waals surface area contributed by atoms with Crippen LogP contribution in [0.3, 0.4) is 0 Å². The van der Waals surface area contributed by atoms with Gasteiger partial charge in [-0.25, -0.2) is 0 Å². The molecule has 32 heavy (non-hydrogen) atoms. The number of rotatable bonds is 8. The largest absolute Gasteiger partial charge is 0.508 e. The number of hydrogen-bond donors (Lipinski definition) is 3. The third kappa shape index (κ3) is 5.34. The average Bonchev–Trinajstić information content (AvgIpc) is 3.16. The number of phenols is 1. The Balaban J connectivity index is 1.49. The lowest BCUT2D eigenvalue weighted by Gasteiger charge is -2.17. The first-order valence-corrected chi connectivity index (χ1v) is 11.5. The van der Waals surface area contributed by atoms with Crippen LogP contribution in [0.25, 0.3) is 5.57 Å². The standard InChI is InChI=1S/C25H31BFNO4/c27-12-2-13-28-14-11-18(16-28)17-32-22-8-5-19(6-9-22)25-23-10-7-21(29)15-20(23)3-1-4-24(25)26(30)31/h5-10,15,18,29-31H,1-4,11-14,16-17H2. The van der Waals surface area contributed by atoms with Crippen molar-refractivity contribution in [1.82, 2.24) is 4.90 Å². The maximum atomic E-state index is 12.4.